The van der Waals surface area contributed by atoms with E-state index in [0.29, 0.717) is 38.3 Å². The van der Waals surface area contributed by atoms with Crippen LogP contribution in [0.3, 0.4) is 0 Å². The van der Waals surface area contributed by atoms with Crippen LogP contribution in [0.25, 0.3) is 11.0 Å². The number of nitrogens with one attached hydrogen (secondary N) is 1. The summed E-state index contributed by atoms with van der Waals surface area (Å²) in [6.07, 6.45) is 3.62. The number of aryl methyl sites for hydroxylation is 2. The molecule has 2 aromatic heterocycles. The fourth-order valence-electron chi connectivity index (χ4n) is 3.73. The smallest absolute Gasteiger partial charge is 0.251 e. The van der Waals surface area contributed by atoms with Gasteiger partial charge in [0.15, 0.2) is 5.65 Å². The predicted octanol–water partition coefficient (Wildman–Crippen LogP) is 1.14. The number of aromatic nitrogens is 4. The highest BCUT2D eigenvalue weighted by Gasteiger charge is 2.23. The molecule has 0 atom stereocenters. The van der Waals surface area contributed by atoms with E-state index in [1.807, 2.05) is 37.1 Å². The molecule has 4 rings (SSSR count). The number of piperazine rings is 1. The van der Waals surface area contributed by atoms with Gasteiger partial charge in [-0.25, -0.2) is 9.97 Å². The Morgan fingerprint density at radius 2 is 1.87 bits per heavy atom. The van der Waals surface area contributed by atoms with E-state index in [0.717, 1.165) is 22.4 Å². The standard InChI is InChI=1S/C21H25N7O2/c1-15-5-3-4-6-16(15)21(30)22-8-7-18(29)27-9-11-28(12-10-27)20-17-13-25-26(2)19(17)23-14-24-20/h3-6,13-14H,7-12H2,1-2H3,(H,22,30). The summed E-state index contributed by atoms with van der Waals surface area (Å²) in [5.41, 5.74) is 2.36. The number of nitrogens with zero attached hydrogens (tertiary/aromatic N) is 6. The van der Waals surface area contributed by atoms with Crippen LogP contribution in [0.1, 0.15) is 22.3 Å². The fraction of sp³-hybridized carbons (Fsp3) is 0.381. The van der Waals surface area contributed by atoms with Crippen LogP contribution in [0.5, 0.6) is 0 Å². The zero-order chi connectivity index (χ0) is 21.1. The van der Waals surface area contributed by atoms with Crippen LogP contribution in [0.15, 0.2) is 36.8 Å². The molecule has 9 nitrogen and oxygen atoms in total. The van der Waals surface area contributed by atoms with Crippen molar-refractivity contribution >= 4 is 28.7 Å². The number of amides is 2. The zero-order valence-corrected chi connectivity index (χ0v) is 17.2. The molecule has 0 bridgehead atoms. The topological polar surface area (TPSA) is 96.2 Å². The number of benzene rings is 1. The molecule has 1 aromatic carbocycles. The van der Waals surface area contributed by atoms with Gasteiger partial charge in [-0.05, 0) is 18.6 Å². The first-order chi connectivity index (χ1) is 14.5. The van der Waals surface area contributed by atoms with E-state index in [9.17, 15) is 9.59 Å². The van der Waals surface area contributed by atoms with Crippen molar-refractivity contribution in [3.63, 3.8) is 0 Å². The summed E-state index contributed by atoms with van der Waals surface area (Å²) >= 11 is 0. The Kier molecular flexibility index (Phi) is 5.60. The van der Waals surface area contributed by atoms with Crippen LogP contribution in [-0.2, 0) is 11.8 Å². The minimum absolute atomic E-state index is 0.0499. The molecule has 0 spiro atoms. The zero-order valence-electron chi connectivity index (χ0n) is 17.2. The molecule has 3 aromatic rings. The van der Waals surface area contributed by atoms with Crippen LogP contribution >= 0.6 is 0 Å². The van der Waals surface area contributed by atoms with Crippen molar-refractivity contribution in [3.8, 4) is 0 Å². The lowest BCUT2D eigenvalue weighted by molar-refractivity contribution is -0.131. The van der Waals surface area contributed by atoms with Crippen molar-refractivity contribution in [2.45, 2.75) is 13.3 Å². The number of carbonyl (C=O) groups excluding carboxylic acids is 2. The number of anilines is 1. The molecule has 2 amide bonds. The number of hydrogen-bond acceptors (Lipinski definition) is 6. The minimum atomic E-state index is -0.144. The molecular formula is C21H25N7O2. The van der Waals surface area contributed by atoms with Crippen LogP contribution in [0, 0.1) is 6.92 Å². The first-order valence-corrected chi connectivity index (χ1v) is 10.0. The minimum Gasteiger partial charge on any atom is -0.352 e. The Balaban J connectivity index is 1.28. The van der Waals surface area contributed by atoms with Gasteiger partial charge in [-0.3, -0.25) is 14.3 Å². The molecule has 0 aliphatic carbocycles. The van der Waals surface area contributed by atoms with E-state index in [2.05, 4.69) is 25.3 Å². The molecule has 9 heteroatoms. The predicted molar refractivity (Wildman–Crippen MR) is 113 cm³/mol. The third-order valence-electron chi connectivity index (χ3n) is 5.45. The SMILES string of the molecule is Cc1ccccc1C(=O)NCCC(=O)N1CCN(c2ncnc3c2cnn3C)CC1. The summed E-state index contributed by atoms with van der Waals surface area (Å²) in [5, 5.41) is 8.02. The first kappa shape index (κ1) is 19.8. The third-order valence-corrected chi connectivity index (χ3v) is 5.45. The fourth-order valence-corrected chi connectivity index (χ4v) is 3.73. The van der Waals surface area contributed by atoms with Crippen LogP contribution < -0.4 is 10.2 Å². The molecule has 1 aliphatic heterocycles. The highest BCUT2D eigenvalue weighted by atomic mass is 16.2. The molecular weight excluding hydrogens is 382 g/mol. The lowest BCUT2D eigenvalue weighted by atomic mass is 10.1. The average Bonchev–Trinajstić information content (AvgIpc) is 3.15. The first-order valence-electron chi connectivity index (χ1n) is 10.0. The van der Waals surface area contributed by atoms with E-state index in [1.54, 1.807) is 23.3 Å². The maximum atomic E-state index is 12.6. The average molecular weight is 407 g/mol. The quantitative estimate of drug-likeness (QED) is 0.681. The Hall–Kier alpha value is -3.49. The molecule has 156 valence electrons. The molecule has 0 radical (unpaired) electrons. The van der Waals surface area contributed by atoms with E-state index in [4.69, 9.17) is 0 Å². The van der Waals surface area contributed by atoms with Crippen LogP contribution in [0.2, 0.25) is 0 Å². The van der Waals surface area contributed by atoms with Gasteiger partial charge in [-0.15, -0.1) is 0 Å². The van der Waals surface area contributed by atoms with Gasteiger partial charge in [0, 0.05) is 51.8 Å². The maximum Gasteiger partial charge on any atom is 0.251 e. The Morgan fingerprint density at radius 3 is 2.63 bits per heavy atom. The van der Waals surface area contributed by atoms with Gasteiger partial charge in [-0.1, -0.05) is 18.2 Å². The van der Waals surface area contributed by atoms with Crippen molar-refractivity contribution in [3.05, 3.63) is 47.9 Å². The Labute approximate surface area is 174 Å². The molecule has 0 unspecified atom stereocenters. The van der Waals surface area contributed by atoms with Gasteiger partial charge >= 0.3 is 0 Å². The van der Waals surface area contributed by atoms with Crippen molar-refractivity contribution in [2.75, 3.05) is 37.6 Å². The summed E-state index contributed by atoms with van der Waals surface area (Å²) in [4.78, 5) is 37.5. The molecule has 1 N–H and O–H groups in total. The van der Waals surface area contributed by atoms with Crippen LogP contribution in [0.4, 0.5) is 5.82 Å². The van der Waals surface area contributed by atoms with E-state index >= 15 is 0 Å². The normalized spacial score (nSPS) is 14.2. The van der Waals surface area contributed by atoms with Gasteiger partial charge in [-0.2, -0.15) is 5.10 Å². The summed E-state index contributed by atoms with van der Waals surface area (Å²) in [7, 11) is 1.85. The highest BCUT2D eigenvalue weighted by Crippen LogP contribution is 2.23. The van der Waals surface area contributed by atoms with E-state index in [1.165, 1.54) is 0 Å². The third kappa shape index (κ3) is 3.96. The molecule has 3 heterocycles. The van der Waals surface area contributed by atoms with Crippen LogP contribution in [-0.4, -0.2) is 69.2 Å². The molecule has 1 fully saturated rings. The molecule has 1 aliphatic rings. The highest BCUT2D eigenvalue weighted by molar-refractivity contribution is 5.95. The number of hydrogen-bond donors (Lipinski definition) is 1. The summed E-state index contributed by atoms with van der Waals surface area (Å²) in [6.45, 7) is 4.86. The number of carbonyl (C=O) groups is 2. The van der Waals surface area contributed by atoms with Gasteiger partial charge in [0.05, 0.1) is 11.6 Å². The van der Waals surface area contributed by atoms with Crippen molar-refractivity contribution in [1.82, 2.24) is 30.0 Å². The van der Waals surface area contributed by atoms with Gasteiger partial charge < -0.3 is 15.1 Å². The molecule has 30 heavy (non-hydrogen) atoms. The second kappa shape index (κ2) is 8.48. The Morgan fingerprint density at radius 1 is 1.10 bits per heavy atom. The largest absolute Gasteiger partial charge is 0.352 e. The van der Waals surface area contributed by atoms with E-state index < -0.39 is 0 Å². The Bertz CT molecular complexity index is 1070. The lowest BCUT2D eigenvalue weighted by Crippen LogP contribution is -2.49. The van der Waals surface area contributed by atoms with Gasteiger partial charge in [0.1, 0.15) is 12.1 Å². The van der Waals surface area contributed by atoms with Crippen molar-refractivity contribution in [1.29, 1.82) is 0 Å². The number of rotatable bonds is 5. The molecule has 0 saturated carbocycles. The maximum absolute atomic E-state index is 12.6. The van der Waals surface area contributed by atoms with E-state index in [-0.39, 0.29) is 18.2 Å². The number of fused-ring (bicyclic) bond motifs is 1. The second-order valence-corrected chi connectivity index (χ2v) is 7.39. The van der Waals surface area contributed by atoms with Gasteiger partial charge in [0.25, 0.3) is 5.91 Å². The van der Waals surface area contributed by atoms with Gasteiger partial charge in [0.2, 0.25) is 5.91 Å². The molecule has 1 saturated heterocycles. The van der Waals surface area contributed by atoms with Crippen molar-refractivity contribution < 1.29 is 9.59 Å². The second-order valence-electron chi connectivity index (χ2n) is 7.39. The summed E-state index contributed by atoms with van der Waals surface area (Å²) in [6, 6.07) is 7.42. The monoisotopic (exact) mass is 407 g/mol. The summed E-state index contributed by atoms with van der Waals surface area (Å²) in [5.74, 6) is 0.759. The van der Waals surface area contributed by atoms with Crippen molar-refractivity contribution in [2.24, 2.45) is 7.05 Å². The summed E-state index contributed by atoms with van der Waals surface area (Å²) < 4.78 is 1.73. The lowest BCUT2D eigenvalue weighted by Gasteiger charge is -2.35.